The molecule has 88 heavy (non-hydrogen) atoms. The van der Waals surface area contributed by atoms with E-state index in [1.165, 1.54) is 71.9 Å². The van der Waals surface area contributed by atoms with Crippen molar-refractivity contribution in [3.05, 3.63) is 338 Å². The second-order valence-corrected chi connectivity index (χ2v) is 29.9. The summed E-state index contributed by atoms with van der Waals surface area (Å²) in [6.45, 7) is 20.4. The van der Waals surface area contributed by atoms with E-state index < -0.39 is 0 Å². The van der Waals surface area contributed by atoms with Gasteiger partial charge >= 0.3 is 0 Å². The molecule has 0 aromatic heterocycles. The third-order valence-corrected chi connectivity index (χ3v) is 16.3. The fourth-order valence-corrected chi connectivity index (χ4v) is 12.4. The van der Waals surface area contributed by atoms with Crippen LogP contribution >= 0.6 is 61.1 Å². The standard InChI is InChI=1S/C40H44N2.C32H26BrN.C9H20.CH2I2/c1-29(2)27-42(28-30(3)4)35-25-36(38(31-17-9-5-10-18-31)32-19-11-6-12-20-32)40(41)37(26-35)39(33-21-13-7-14-22-33)34-23-15-8-16-24-34;33-27-21-28(30(23-13-5-1-6-14-23)24-15-7-2-8-16-24)32(34)29(22-27)31(25-17-9-3-10-18-25)26-19-11-4-12-20-26;1-8(2)6-5-7-9(3)4;2-1-3/h5-26,29-30,38-39H,27-28,41H2,1-4H3;1-22,30-31H,34H2;8-9H,5-7H2,1-4H3;1H2. The van der Waals surface area contributed by atoms with Crippen LogP contribution in [0.4, 0.5) is 17.1 Å². The lowest BCUT2D eigenvalue weighted by Gasteiger charge is -2.33. The summed E-state index contributed by atoms with van der Waals surface area (Å²) in [5.41, 5.74) is 31.8. The van der Waals surface area contributed by atoms with Gasteiger partial charge in [-0.3, -0.25) is 0 Å². The molecule has 4 N–H and O–H groups in total. The number of hydrogen-bond acceptors (Lipinski definition) is 3. The molecule has 0 unspecified atom stereocenters. The van der Waals surface area contributed by atoms with Gasteiger partial charge in [-0.15, -0.1) is 0 Å². The first-order valence-electron chi connectivity index (χ1n) is 31.5. The van der Waals surface area contributed by atoms with Gasteiger partial charge in [0.1, 0.15) is 0 Å². The molecular formula is C82H92BrI2N3. The number of rotatable bonds is 21. The molecule has 10 aromatic carbocycles. The fourth-order valence-electron chi connectivity index (χ4n) is 12.0. The van der Waals surface area contributed by atoms with E-state index in [-0.39, 0.29) is 23.7 Å². The van der Waals surface area contributed by atoms with Crippen LogP contribution in [0, 0.1) is 23.7 Å². The molecule has 0 saturated heterocycles. The highest BCUT2D eigenvalue weighted by molar-refractivity contribution is 14.2. The average molecular weight is 1450 g/mol. The van der Waals surface area contributed by atoms with Gasteiger partial charge in [-0.2, -0.15) is 0 Å². The van der Waals surface area contributed by atoms with Crippen LogP contribution in [0.5, 0.6) is 0 Å². The van der Waals surface area contributed by atoms with Crippen LogP contribution in [0.3, 0.4) is 0 Å². The summed E-state index contributed by atoms with van der Waals surface area (Å²) >= 11 is 8.37. The number of anilines is 3. The van der Waals surface area contributed by atoms with E-state index in [9.17, 15) is 0 Å². The zero-order valence-corrected chi connectivity index (χ0v) is 58.9. The summed E-state index contributed by atoms with van der Waals surface area (Å²) in [5, 5.41) is 0. The average Bonchev–Trinajstić information content (AvgIpc) is 3.01. The second-order valence-electron chi connectivity index (χ2n) is 24.6. The minimum atomic E-state index is 0.0123. The predicted molar refractivity (Wildman–Crippen MR) is 403 cm³/mol. The highest BCUT2D eigenvalue weighted by atomic mass is 127. The van der Waals surface area contributed by atoms with Crippen LogP contribution in [-0.2, 0) is 0 Å². The van der Waals surface area contributed by atoms with E-state index in [1.807, 2.05) is 0 Å². The minimum absolute atomic E-state index is 0.0123. The van der Waals surface area contributed by atoms with Crippen LogP contribution in [0.15, 0.2) is 271 Å². The highest BCUT2D eigenvalue weighted by Gasteiger charge is 2.29. The number of nitrogen functional groups attached to an aromatic ring is 2. The van der Waals surface area contributed by atoms with Gasteiger partial charge in [-0.05, 0) is 115 Å². The summed E-state index contributed by atoms with van der Waals surface area (Å²) in [7, 11) is 0. The second kappa shape index (κ2) is 36.3. The SMILES string of the molecule is CC(C)CCCC(C)C.CC(C)CN(CC(C)C)c1cc(C(c2ccccc2)c2ccccc2)c(N)c(C(c2ccccc2)c2ccccc2)c1.ICI.Nc1c(C(c2ccccc2)c2ccccc2)cc(Br)cc1C(c1ccccc1)c1ccccc1. The summed E-state index contributed by atoms with van der Waals surface area (Å²) in [6.07, 6.45) is 4.21. The lowest BCUT2D eigenvalue weighted by atomic mass is 9.78. The van der Waals surface area contributed by atoms with E-state index >= 15 is 0 Å². The van der Waals surface area contributed by atoms with Crippen molar-refractivity contribution in [2.45, 2.75) is 98.3 Å². The number of nitrogens with two attached hydrogens (primary N) is 2. The number of benzene rings is 10. The summed E-state index contributed by atoms with van der Waals surface area (Å²) in [6, 6.07) is 94.8. The van der Waals surface area contributed by atoms with Crippen molar-refractivity contribution < 1.29 is 0 Å². The maximum atomic E-state index is 7.39. The molecule has 456 valence electrons. The third kappa shape index (κ3) is 20.3. The molecule has 0 heterocycles. The lowest BCUT2D eigenvalue weighted by molar-refractivity contribution is 0.480. The Balaban J connectivity index is 0.000000215. The molecule has 0 amide bonds. The normalized spacial score (nSPS) is 11.2. The number of alkyl halides is 2. The van der Waals surface area contributed by atoms with Crippen LogP contribution in [0.1, 0.15) is 165 Å². The van der Waals surface area contributed by atoms with E-state index in [2.05, 4.69) is 388 Å². The van der Waals surface area contributed by atoms with Crippen molar-refractivity contribution in [1.29, 1.82) is 0 Å². The van der Waals surface area contributed by atoms with Gasteiger partial charge in [0.15, 0.2) is 0 Å². The predicted octanol–water partition coefficient (Wildman–Crippen LogP) is 23.4. The largest absolute Gasteiger partial charge is 0.398 e. The van der Waals surface area contributed by atoms with Crippen LogP contribution in [-0.4, -0.2) is 15.5 Å². The van der Waals surface area contributed by atoms with Crippen LogP contribution < -0.4 is 16.4 Å². The minimum Gasteiger partial charge on any atom is -0.398 e. The number of hydrogen-bond donors (Lipinski definition) is 2. The molecule has 0 aliphatic carbocycles. The Labute approximate surface area is 565 Å². The van der Waals surface area contributed by atoms with Crippen molar-refractivity contribution in [3.8, 4) is 0 Å². The first-order valence-corrected chi connectivity index (χ1v) is 35.3. The summed E-state index contributed by atoms with van der Waals surface area (Å²) < 4.78 is 2.22. The molecule has 0 aliphatic heterocycles. The summed E-state index contributed by atoms with van der Waals surface area (Å²) in [4.78, 5) is 2.57. The Hall–Kier alpha value is -6.46. The smallest absolute Gasteiger partial charge is 0.0516 e. The molecule has 0 spiro atoms. The van der Waals surface area contributed by atoms with Crippen molar-refractivity contribution in [2.24, 2.45) is 23.7 Å². The first kappa shape index (κ1) is 69.0. The van der Waals surface area contributed by atoms with Gasteiger partial charge < -0.3 is 16.4 Å². The first-order chi connectivity index (χ1) is 42.7. The van der Waals surface area contributed by atoms with E-state index in [0.29, 0.717) is 11.8 Å². The Bertz CT molecular complexity index is 3150. The zero-order chi connectivity index (χ0) is 62.8. The van der Waals surface area contributed by atoms with E-state index in [0.717, 1.165) is 63.0 Å². The third-order valence-electron chi connectivity index (χ3n) is 15.8. The zero-order valence-electron chi connectivity index (χ0n) is 53.0. The molecule has 0 fully saturated rings. The van der Waals surface area contributed by atoms with Crippen molar-refractivity contribution in [3.63, 3.8) is 0 Å². The van der Waals surface area contributed by atoms with E-state index in [1.54, 1.807) is 0 Å². The molecule has 0 atom stereocenters. The van der Waals surface area contributed by atoms with Crippen molar-refractivity contribution in [2.75, 3.05) is 31.9 Å². The topological polar surface area (TPSA) is 55.3 Å². The molecule has 10 aromatic rings. The maximum Gasteiger partial charge on any atom is 0.0516 e. The maximum absolute atomic E-state index is 7.39. The van der Waals surface area contributed by atoms with Gasteiger partial charge in [-0.25, -0.2) is 0 Å². The van der Waals surface area contributed by atoms with Gasteiger partial charge in [0.2, 0.25) is 0 Å². The molecule has 0 aliphatic rings. The lowest BCUT2D eigenvalue weighted by Crippen LogP contribution is -2.31. The fraction of sp³-hybridized carbons (Fsp3) is 0.268. The molecule has 10 rings (SSSR count). The van der Waals surface area contributed by atoms with Gasteiger partial charge in [-0.1, -0.05) is 378 Å². The molecule has 0 radical (unpaired) electrons. The molecule has 0 saturated carbocycles. The highest BCUT2D eigenvalue weighted by Crippen LogP contribution is 2.46. The van der Waals surface area contributed by atoms with E-state index in [4.69, 9.17) is 11.5 Å². The quantitative estimate of drug-likeness (QED) is 0.0326. The van der Waals surface area contributed by atoms with Gasteiger partial charge in [0, 0.05) is 58.3 Å². The molecule has 3 nitrogen and oxygen atoms in total. The van der Waals surface area contributed by atoms with Gasteiger partial charge in [0.25, 0.3) is 0 Å². The van der Waals surface area contributed by atoms with Gasteiger partial charge in [0.05, 0.1) is 2.43 Å². The van der Waals surface area contributed by atoms with Crippen LogP contribution in [0.2, 0.25) is 0 Å². The molecule has 6 heteroatoms. The van der Waals surface area contributed by atoms with Crippen molar-refractivity contribution in [1.82, 2.24) is 0 Å². The summed E-state index contributed by atoms with van der Waals surface area (Å²) in [5.74, 6) is 2.94. The van der Waals surface area contributed by atoms with Crippen molar-refractivity contribution >= 4 is 78.2 Å². The molecule has 0 bridgehead atoms. The number of halogens is 3. The van der Waals surface area contributed by atoms with Crippen LogP contribution in [0.25, 0.3) is 0 Å². The Morgan fingerprint density at radius 2 is 0.511 bits per heavy atom. The Morgan fingerprint density at radius 1 is 0.318 bits per heavy atom. The Morgan fingerprint density at radius 3 is 0.693 bits per heavy atom. The number of nitrogens with zero attached hydrogens (tertiary/aromatic N) is 1. The molecular weight excluding hydrogens is 1360 g/mol. The monoisotopic (exact) mass is 1450 g/mol. The Kier molecular flexibility index (Phi) is 28.4.